The van der Waals surface area contributed by atoms with Gasteiger partial charge in [-0.05, 0) is 41.9 Å². The van der Waals surface area contributed by atoms with Crippen LogP contribution in [-0.2, 0) is 12.8 Å². The summed E-state index contributed by atoms with van der Waals surface area (Å²) < 4.78 is 0. The van der Waals surface area contributed by atoms with E-state index >= 15 is 0 Å². The largest absolute Gasteiger partial charge is 0.0654 e. The minimum atomic E-state index is 0.656. The van der Waals surface area contributed by atoms with Crippen LogP contribution in [0.4, 0.5) is 0 Å². The Morgan fingerprint density at radius 3 is 2.31 bits per heavy atom. The van der Waals surface area contributed by atoms with E-state index in [9.17, 15) is 0 Å². The fourth-order valence-corrected chi connectivity index (χ4v) is 2.36. The number of benzene rings is 1. The van der Waals surface area contributed by atoms with E-state index in [1.165, 1.54) is 32.1 Å². The van der Waals surface area contributed by atoms with E-state index in [1.54, 1.807) is 16.7 Å². The number of unbranched alkanes of at least 4 members (excludes halogenated alkanes) is 1. The van der Waals surface area contributed by atoms with Crippen LogP contribution in [0.2, 0.25) is 0 Å². The van der Waals surface area contributed by atoms with Crippen molar-refractivity contribution in [2.24, 2.45) is 0 Å². The highest BCUT2D eigenvalue weighted by molar-refractivity contribution is 5.37. The Balaban J connectivity index is 3.02. The zero-order chi connectivity index (χ0) is 12.0. The second-order valence-corrected chi connectivity index (χ2v) is 4.99. The fraction of sp³-hybridized carbons (Fsp3) is 0.625. The van der Waals surface area contributed by atoms with Gasteiger partial charge in [-0.3, -0.25) is 0 Å². The van der Waals surface area contributed by atoms with Gasteiger partial charge in [0, 0.05) is 0 Å². The molecule has 0 amide bonds. The number of aryl methyl sites for hydroxylation is 1. The van der Waals surface area contributed by atoms with Crippen molar-refractivity contribution in [3.05, 3.63) is 34.9 Å². The molecular weight excluding hydrogens is 192 g/mol. The van der Waals surface area contributed by atoms with Crippen LogP contribution in [0, 0.1) is 0 Å². The molecule has 1 rings (SSSR count). The Labute approximate surface area is 101 Å². The highest BCUT2D eigenvalue weighted by Crippen LogP contribution is 2.25. The zero-order valence-corrected chi connectivity index (χ0v) is 11.3. The van der Waals surface area contributed by atoms with Crippen molar-refractivity contribution in [1.29, 1.82) is 0 Å². The molecule has 0 unspecified atom stereocenters. The summed E-state index contributed by atoms with van der Waals surface area (Å²) in [5, 5.41) is 0. The maximum atomic E-state index is 2.32. The first-order chi connectivity index (χ1) is 7.70. The highest BCUT2D eigenvalue weighted by atomic mass is 14.1. The van der Waals surface area contributed by atoms with E-state index in [2.05, 4.69) is 45.9 Å². The van der Waals surface area contributed by atoms with Crippen LogP contribution < -0.4 is 0 Å². The first-order valence-corrected chi connectivity index (χ1v) is 6.81. The van der Waals surface area contributed by atoms with Gasteiger partial charge in [0.2, 0.25) is 0 Å². The van der Waals surface area contributed by atoms with Crippen LogP contribution in [-0.4, -0.2) is 0 Å². The summed E-state index contributed by atoms with van der Waals surface area (Å²) in [6, 6.07) is 6.87. The van der Waals surface area contributed by atoms with Crippen LogP contribution in [0.5, 0.6) is 0 Å². The molecule has 0 aliphatic carbocycles. The smallest absolute Gasteiger partial charge is 0.0216 e. The summed E-state index contributed by atoms with van der Waals surface area (Å²) in [5.74, 6) is 0.656. The van der Waals surface area contributed by atoms with Gasteiger partial charge in [-0.15, -0.1) is 0 Å². The molecule has 0 saturated heterocycles. The van der Waals surface area contributed by atoms with E-state index < -0.39 is 0 Å². The molecule has 0 aliphatic heterocycles. The molecule has 1 aromatic rings. The third kappa shape index (κ3) is 3.37. The van der Waals surface area contributed by atoms with Gasteiger partial charge in [0.15, 0.2) is 0 Å². The predicted molar refractivity (Wildman–Crippen MR) is 73.1 cm³/mol. The van der Waals surface area contributed by atoms with Gasteiger partial charge in [-0.25, -0.2) is 0 Å². The van der Waals surface area contributed by atoms with Crippen molar-refractivity contribution < 1.29 is 0 Å². The third-order valence-electron chi connectivity index (χ3n) is 3.23. The van der Waals surface area contributed by atoms with Crippen molar-refractivity contribution in [2.75, 3.05) is 0 Å². The normalized spacial score (nSPS) is 11.1. The number of rotatable bonds is 6. The minimum absolute atomic E-state index is 0.656. The lowest BCUT2D eigenvalue weighted by Crippen LogP contribution is -2.02. The van der Waals surface area contributed by atoms with Crippen LogP contribution >= 0.6 is 0 Å². The standard InChI is InChI=1S/C16H26/c1-5-7-11-16-14(9-6-2)10-8-12-15(16)13(3)4/h8,10,12-13H,5-7,9,11H2,1-4H3. The van der Waals surface area contributed by atoms with Gasteiger partial charge in [-0.2, -0.15) is 0 Å². The topological polar surface area (TPSA) is 0 Å². The second kappa shape index (κ2) is 6.73. The van der Waals surface area contributed by atoms with E-state index in [0.717, 1.165) is 0 Å². The van der Waals surface area contributed by atoms with Crippen molar-refractivity contribution in [2.45, 2.75) is 65.7 Å². The molecule has 0 N–H and O–H groups in total. The van der Waals surface area contributed by atoms with Crippen LogP contribution in [0.25, 0.3) is 0 Å². The van der Waals surface area contributed by atoms with Crippen LogP contribution in [0.1, 0.15) is 69.6 Å². The molecule has 0 heterocycles. The summed E-state index contributed by atoms with van der Waals surface area (Å²) in [5.41, 5.74) is 4.79. The first-order valence-electron chi connectivity index (χ1n) is 6.81. The van der Waals surface area contributed by atoms with E-state index in [1.807, 2.05) is 0 Å². The lowest BCUT2D eigenvalue weighted by molar-refractivity contribution is 0.752. The molecule has 90 valence electrons. The van der Waals surface area contributed by atoms with Crippen molar-refractivity contribution in [1.82, 2.24) is 0 Å². The molecule has 0 aliphatic rings. The SMILES string of the molecule is CCCCc1c(CCC)cccc1C(C)C. The Hall–Kier alpha value is -0.780. The molecule has 0 aromatic heterocycles. The maximum Gasteiger partial charge on any atom is -0.0216 e. The molecular formula is C16H26. The Bertz CT molecular complexity index is 310. The zero-order valence-electron chi connectivity index (χ0n) is 11.3. The summed E-state index contributed by atoms with van der Waals surface area (Å²) in [6.45, 7) is 9.16. The van der Waals surface area contributed by atoms with Gasteiger partial charge in [0.1, 0.15) is 0 Å². The predicted octanol–water partition coefficient (Wildman–Crippen LogP) is 5.11. The molecule has 0 saturated carbocycles. The summed E-state index contributed by atoms with van der Waals surface area (Å²) in [7, 11) is 0. The van der Waals surface area contributed by atoms with Gasteiger partial charge in [-0.1, -0.05) is 58.7 Å². The highest BCUT2D eigenvalue weighted by Gasteiger charge is 2.09. The van der Waals surface area contributed by atoms with Gasteiger partial charge in [0.25, 0.3) is 0 Å². The summed E-state index contributed by atoms with van der Waals surface area (Å²) in [6.07, 6.45) is 6.36. The second-order valence-electron chi connectivity index (χ2n) is 4.99. The lowest BCUT2D eigenvalue weighted by atomic mass is 9.89. The fourth-order valence-electron chi connectivity index (χ4n) is 2.36. The number of hydrogen-bond acceptors (Lipinski definition) is 0. The molecule has 0 fully saturated rings. The molecule has 0 radical (unpaired) electrons. The van der Waals surface area contributed by atoms with Gasteiger partial charge < -0.3 is 0 Å². The monoisotopic (exact) mass is 218 g/mol. The average Bonchev–Trinajstić information content (AvgIpc) is 2.27. The van der Waals surface area contributed by atoms with Crippen LogP contribution in [0.3, 0.4) is 0 Å². The Morgan fingerprint density at radius 1 is 1.00 bits per heavy atom. The van der Waals surface area contributed by atoms with E-state index in [-0.39, 0.29) is 0 Å². The first kappa shape index (κ1) is 13.3. The maximum absolute atomic E-state index is 2.32. The molecule has 0 spiro atoms. The van der Waals surface area contributed by atoms with Crippen molar-refractivity contribution in [3.8, 4) is 0 Å². The molecule has 0 bridgehead atoms. The van der Waals surface area contributed by atoms with E-state index in [4.69, 9.17) is 0 Å². The molecule has 16 heavy (non-hydrogen) atoms. The van der Waals surface area contributed by atoms with Gasteiger partial charge in [0.05, 0.1) is 0 Å². The quantitative estimate of drug-likeness (QED) is 0.622. The van der Waals surface area contributed by atoms with Gasteiger partial charge >= 0.3 is 0 Å². The Kier molecular flexibility index (Phi) is 5.59. The molecule has 0 nitrogen and oxygen atoms in total. The van der Waals surface area contributed by atoms with E-state index in [0.29, 0.717) is 5.92 Å². The summed E-state index contributed by atoms with van der Waals surface area (Å²) >= 11 is 0. The van der Waals surface area contributed by atoms with Crippen molar-refractivity contribution in [3.63, 3.8) is 0 Å². The summed E-state index contributed by atoms with van der Waals surface area (Å²) in [4.78, 5) is 0. The molecule has 0 atom stereocenters. The number of hydrogen-bond donors (Lipinski definition) is 0. The molecule has 1 aromatic carbocycles. The molecule has 0 heteroatoms. The third-order valence-corrected chi connectivity index (χ3v) is 3.23. The van der Waals surface area contributed by atoms with Crippen LogP contribution in [0.15, 0.2) is 18.2 Å². The Morgan fingerprint density at radius 2 is 1.75 bits per heavy atom. The minimum Gasteiger partial charge on any atom is -0.0654 e. The lowest BCUT2D eigenvalue weighted by Gasteiger charge is -2.17. The average molecular weight is 218 g/mol. The van der Waals surface area contributed by atoms with Crippen molar-refractivity contribution >= 4 is 0 Å².